The summed E-state index contributed by atoms with van der Waals surface area (Å²) in [4.78, 5) is 4.98. The Hall–Kier alpha value is -2.14. The van der Waals surface area contributed by atoms with E-state index in [-0.39, 0.29) is 6.04 Å². The smallest absolute Gasteiger partial charge is 0.263 e. The fourth-order valence-corrected chi connectivity index (χ4v) is 3.93. The number of hydrogen-bond acceptors (Lipinski definition) is 3. The third kappa shape index (κ3) is 3.29. The van der Waals surface area contributed by atoms with Gasteiger partial charge < -0.3 is 0 Å². The monoisotopic (exact) mass is 328 g/mol. The highest BCUT2D eigenvalue weighted by atomic mass is 32.2. The predicted molar refractivity (Wildman–Crippen MR) is 92.3 cm³/mol. The molecule has 0 saturated heterocycles. The lowest BCUT2D eigenvalue weighted by atomic mass is 10.0. The fourth-order valence-electron chi connectivity index (χ4n) is 2.69. The molecular formula is C18H20N2O2S. The first kappa shape index (κ1) is 15.7. The van der Waals surface area contributed by atoms with Crippen LogP contribution in [0.3, 0.4) is 0 Å². The van der Waals surface area contributed by atoms with E-state index in [1.54, 1.807) is 18.2 Å². The second-order valence-electron chi connectivity index (χ2n) is 5.83. The molecule has 0 bridgehead atoms. The summed E-state index contributed by atoms with van der Waals surface area (Å²) in [5, 5.41) is 0. The number of nitrogens with one attached hydrogen (secondary N) is 1. The van der Waals surface area contributed by atoms with E-state index in [2.05, 4.69) is 47.8 Å². The summed E-state index contributed by atoms with van der Waals surface area (Å²) >= 11 is 0. The zero-order valence-electron chi connectivity index (χ0n) is 13.3. The van der Waals surface area contributed by atoms with E-state index in [0.29, 0.717) is 16.3 Å². The Balaban J connectivity index is 1.89. The van der Waals surface area contributed by atoms with E-state index in [1.807, 2.05) is 6.07 Å². The van der Waals surface area contributed by atoms with Crippen molar-refractivity contribution in [3.05, 3.63) is 65.2 Å². The van der Waals surface area contributed by atoms with Gasteiger partial charge in [0, 0.05) is 5.56 Å². The molecule has 4 nitrogen and oxygen atoms in total. The molecule has 5 heteroatoms. The number of benzene rings is 2. The van der Waals surface area contributed by atoms with Crippen molar-refractivity contribution in [2.24, 2.45) is 4.99 Å². The molecule has 0 saturated carbocycles. The summed E-state index contributed by atoms with van der Waals surface area (Å²) in [6, 6.07) is 15.4. The molecule has 0 spiro atoms. The molecule has 1 atom stereocenters. The Kier molecular flexibility index (Phi) is 4.22. The Morgan fingerprint density at radius 1 is 1.09 bits per heavy atom. The van der Waals surface area contributed by atoms with Crippen LogP contribution in [-0.4, -0.2) is 20.3 Å². The maximum atomic E-state index is 12.1. The summed E-state index contributed by atoms with van der Waals surface area (Å²) < 4.78 is 26.9. The number of sulfonamides is 1. The summed E-state index contributed by atoms with van der Waals surface area (Å²) in [5.41, 5.74) is 3.10. The van der Waals surface area contributed by atoms with Gasteiger partial charge >= 0.3 is 0 Å². The van der Waals surface area contributed by atoms with Crippen LogP contribution in [0.2, 0.25) is 0 Å². The predicted octanol–water partition coefficient (Wildman–Crippen LogP) is 3.05. The topological polar surface area (TPSA) is 58.5 Å². The summed E-state index contributed by atoms with van der Waals surface area (Å²) in [6.07, 6.45) is 1.64. The van der Waals surface area contributed by atoms with Gasteiger partial charge in [0.1, 0.15) is 5.84 Å². The van der Waals surface area contributed by atoms with Crippen LogP contribution in [0.25, 0.3) is 0 Å². The molecule has 1 heterocycles. The first-order chi connectivity index (χ1) is 11.0. The molecule has 0 radical (unpaired) electrons. The minimum absolute atomic E-state index is 0.0431. The Bertz CT molecular complexity index is 840. The molecule has 1 unspecified atom stereocenters. The quantitative estimate of drug-likeness (QED) is 0.938. The van der Waals surface area contributed by atoms with Gasteiger partial charge in [-0.3, -0.25) is 9.71 Å². The molecule has 120 valence electrons. The standard InChI is InChI=1S/C18H20N2O2S/c1-3-15(12-14-10-8-13(2)9-11-14)19-18-16-6-4-5-7-17(16)23(21,22)20-18/h4-11,15H,3,12H2,1-2H3,(H,19,20). The lowest BCUT2D eigenvalue weighted by Crippen LogP contribution is -2.24. The van der Waals surface area contributed by atoms with Gasteiger partial charge in [-0.1, -0.05) is 48.9 Å². The Labute approximate surface area is 137 Å². The molecule has 2 aromatic carbocycles. The lowest BCUT2D eigenvalue weighted by Gasteiger charge is -2.12. The van der Waals surface area contributed by atoms with Gasteiger partial charge in [-0.05, 0) is 37.5 Å². The van der Waals surface area contributed by atoms with Crippen molar-refractivity contribution in [3.8, 4) is 0 Å². The molecule has 0 aromatic heterocycles. The van der Waals surface area contributed by atoms with Crippen molar-refractivity contribution >= 4 is 15.9 Å². The second kappa shape index (κ2) is 6.16. The number of fused-ring (bicyclic) bond motifs is 1. The van der Waals surface area contributed by atoms with Crippen LogP contribution in [0.1, 0.15) is 30.0 Å². The third-order valence-electron chi connectivity index (χ3n) is 4.04. The number of aliphatic imine (C=N–C) groups is 1. The molecule has 1 aliphatic rings. The second-order valence-corrected chi connectivity index (χ2v) is 7.48. The van der Waals surface area contributed by atoms with E-state index in [0.717, 1.165) is 12.8 Å². The fraction of sp³-hybridized carbons (Fsp3) is 0.278. The molecule has 23 heavy (non-hydrogen) atoms. The van der Waals surface area contributed by atoms with Gasteiger partial charge in [-0.25, -0.2) is 8.42 Å². The maximum absolute atomic E-state index is 12.1. The van der Waals surface area contributed by atoms with Gasteiger partial charge in [-0.2, -0.15) is 0 Å². The minimum Gasteiger partial charge on any atom is -0.264 e. The Morgan fingerprint density at radius 2 is 1.78 bits per heavy atom. The van der Waals surface area contributed by atoms with Crippen LogP contribution in [0.15, 0.2) is 58.4 Å². The van der Waals surface area contributed by atoms with Crippen molar-refractivity contribution in [3.63, 3.8) is 0 Å². The molecule has 0 aliphatic carbocycles. The van der Waals surface area contributed by atoms with Gasteiger partial charge in [0.25, 0.3) is 10.0 Å². The SMILES string of the molecule is CCC(Cc1ccc(C)cc1)N=C1NS(=O)(=O)c2ccccc21. The van der Waals surface area contributed by atoms with Crippen LogP contribution >= 0.6 is 0 Å². The summed E-state index contributed by atoms with van der Waals surface area (Å²) in [5.74, 6) is 0.458. The number of amidine groups is 1. The van der Waals surface area contributed by atoms with Crippen LogP contribution in [0.5, 0.6) is 0 Å². The van der Waals surface area contributed by atoms with Gasteiger partial charge in [-0.15, -0.1) is 0 Å². The zero-order chi connectivity index (χ0) is 16.4. The summed E-state index contributed by atoms with van der Waals surface area (Å²) in [7, 11) is -3.47. The molecule has 2 aromatic rings. The number of nitrogens with zero attached hydrogens (tertiary/aromatic N) is 1. The molecule has 0 amide bonds. The van der Waals surface area contributed by atoms with Gasteiger partial charge in [0.2, 0.25) is 0 Å². The first-order valence-electron chi connectivity index (χ1n) is 7.75. The average Bonchev–Trinajstić information content (AvgIpc) is 2.80. The van der Waals surface area contributed by atoms with Crippen LogP contribution < -0.4 is 4.72 Å². The maximum Gasteiger partial charge on any atom is 0.263 e. The van der Waals surface area contributed by atoms with Crippen molar-refractivity contribution in [1.82, 2.24) is 4.72 Å². The highest BCUT2D eigenvalue weighted by molar-refractivity contribution is 7.90. The van der Waals surface area contributed by atoms with E-state index in [4.69, 9.17) is 0 Å². The van der Waals surface area contributed by atoms with E-state index in [9.17, 15) is 8.42 Å². The number of rotatable bonds is 4. The third-order valence-corrected chi connectivity index (χ3v) is 5.43. The van der Waals surface area contributed by atoms with Gasteiger partial charge in [0.15, 0.2) is 0 Å². The molecule has 3 rings (SSSR count). The molecule has 0 fully saturated rings. The Morgan fingerprint density at radius 3 is 2.48 bits per heavy atom. The largest absolute Gasteiger partial charge is 0.264 e. The van der Waals surface area contributed by atoms with E-state index < -0.39 is 10.0 Å². The number of hydrogen-bond donors (Lipinski definition) is 1. The van der Waals surface area contributed by atoms with E-state index in [1.165, 1.54) is 11.1 Å². The highest BCUT2D eigenvalue weighted by Gasteiger charge is 2.30. The number of aryl methyl sites for hydroxylation is 1. The van der Waals surface area contributed by atoms with Crippen LogP contribution in [-0.2, 0) is 16.4 Å². The first-order valence-corrected chi connectivity index (χ1v) is 9.23. The lowest BCUT2D eigenvalue weighted by molar-refractivity contribution is 0.594. The zero-order valence-corrected chi connectivity index (χ0v) is 14.1. The van der Waals surface area contributed by atoms with Crippen LogP contribution in [0.4, 0.5) is 0 Å². The van der Waals surface area contributed by atoms with Crippen LogP contribution in [0, 0.1) is 6.92 Å². The molecule has 1 aliphatic heterocycles. The molecule has 1 N–H and O–H groups in total. The summed E-state index contributed by atoms with van der Waals surface area (Å²) in [6.45, 7) is 4.13. The van der Waals surface area contributed by atoms with Crippen molar-refractivity contribution in [1.29, 1.82) is 0 Å². The minimum atomic E-state index is -3.47. The highest BCUT2D eigenvalue weighted by Crippen LogP contribution is 2.23. The van der Waals surface area contributed by atoms with Crippen molar-refractivity contribution in [2.45, 2.75) is 37.6 Å². The van der Waals surface area contributed by atoms with E-state index >= 15 is 0 Å². The van der Waals surface area contributed by atoms with Crippen molar-refractivity contribution < 1.29 is 8.42 Å². The molecular weight excluding hydrogens is 308 g/mol. The normalized spacial score (nSPS) is 18.4. The average molecular weight is 328 g/mol. The van der Waals surface area contributed by atoms with Gasteiger partial charge in [0.05, 0.1) is 10.9 Å². The van der Waals surface area contributed by atoms with Crippen molar-refractivity contribution in [2.75, 3.05) is 0 Å².